The maximum absolute atomic E-state index is 10.9. The molecule has 0 aliphatic carbocycles. The Morgan fingerprint density at radius 2 is 2.05 bits per heavy atom. The quantitative estimate of drug-likeness (QED) is 0.884. The number of carboxylic acid groups (broad SMARTS) is 1. The minimum atomic E-state index is -0.812. The van der Waals surface area contributed by atoms with Crippen LogP contribution in [0.1, 0.15) is 17.5 Å². The zero-order valence-corrected chi connectivity index (χ0v) is 13.4. The van der Waals surface area contributed by atoms with Crippen LogP contribution in [0, 0.1) is 5.92 Å². The van der Waals surface area contributed by atoms with Gasteiger partial charge in [0.15, 0.2) is 0 Å². The van der Waals surface area contributed by atoms with Crippen LogP contribution in [0.4, 0.5) is 5.13 Å². The van der Waals surface area contributed by atoms with E-state index < -0.39 is 11.9 Å². The molecule has 112 valence electrons. The summed E-state index contributed by atoms with van der Waals surface area (Å²) in [6.07, 6.45) is 0.692. The maximum atomic E-state index is 10.9. The number of carboxylic acids is 1. The Bertz CT molecular complexity index is 615. The summed E-state index contributed by atoms with van der Waals surface area (Å²) in [5.74, 6) is -1.26. The van der Waals surface area contributed by atoms with Crippen molar-refractivity contribution in [2.24, 2.45) is 5.92 Å². The van der Waals surface area contributed by atoms with E-state index in [-0.39, 0.29) is 0 Å². The Hall–Kier alpha value is -1.66. The highest BCUT2D eigenvalue weighted by Crippen LogP contribution is 2.22. The fourth-order valence-corrected chi connectivity index (χ4v) is 2.78. The molecular weight excluding hydrogens is 310 g/mol. The lowest BCUT2D eigenvalue weighted by molar-refractivity contribution is -0.140. The third-order valence-electron chi connectivity index (χ3n) is 3.02. The second kappa shape index (κ2) is 6.87. The van der Waals surface area contributed by atoms with Gasteiger partial charge in [0.2, 0.25) is 5.13 Å². The molecule has 0 bridgehead atoms. The summed E-state index contributed by atoms with van der Waals surface area (Å²) in [7, 11) is 1.83. The van der Waals surface area contributed by atoms with E-state index >= 15 is 0 Å². The molecule has 0 spiro atoms. The molecule has 1 aromatic heterocycles. The van der Waals surface area contributed by atoms with Crippen LogP contribution in [0.2, 0.25) is 5.02 Å². The largest absolute Gasteiger partial charge is 0.481 e. The lowest BCUT2D eigenvalue weighted by atomic mass is 10.2. The first kappa shape index (κ1) is 15.7. The van der Waals surface area contributed by atoms with Crippen LogP contribution in [-0.2, 0) is 11.2 Å². The van der Waals surface area contributed by atoms with Crippen molar-refractivity contribution in [1.82, 2.24) is 10.2 Å². The molecule has 0 saturated heterocycles. The number of nitrogens with zero attached hydrogens (tertiary/aromatic N) is 3. The van der Waals surface area contributed by atoms with Gasteiger partial charge < -0.3 is 10.0 Å². The van der Waals surface area contributed by atoms with Gasteiger partial charge in [0, 0.05) is 25.0 Å². The molecule has 1 N–H and O–H groups in total. The molecular formula is C14H16ClN3O2S. The molecule has 0 radical (unpaired) electrons. The maximum Gasteiger partial charge on any atom is 0.308 e. The fourth-order valence-electron chi connectivity index (χ4n) is 1.81. The molecule has 0 amide bonds. The van der Waals surface area contributed by atoms with Crippen molar-refractivity contribution in [3.63, 3.8) is 0 Å². The molecule has 1 unspecified atom stereocenters. The second-order valence-electron chi connectivity index (χ2n) is 4.90. The Labute approximate surface area is 132 Å². The van der Waals surface area contributed by atoms with E-state index in [2.05, 4.69) is 10.2 Å². The van der Waals surface area contributed by atoms with Crippen LogP contribution in [0.5, 0.6) is 0 Å². The predicted molar refractivity (Wildman–Crippen MR) is 84.2 cm³/mol. The summed E-state index contributed by atoms with van der Waals surface area (Å²) in [5.41, 5.74) is 1.11. The predicted octanol–water partition coefficient (Wildman–Crippen LogP) is 2.94. The Kier molecular flexibility index (Phi) is 5.14. The van der Waals surface area contributed by atoms with Crippen molar-refractivity contribution >= 4 is 34.0 Å². The monoisotopic (exact) mass is 325 g/mol. The first-order chi connectivity index (χ1) is 9.95. The summed E-state index contributed by atoms with van der Waals surface area (Å²) >= 11 is 7.33. The first-order valence-electron chi connectivity index (χ1n) is 6.46. The number of hydrogen-bond donors (Lipinski definition) is 1. The number of carbonyl (C=O) groups is 1. The molecule has 0 aliphatic heterocycles. The smallest absolute Gasteiger partial charge is 0.308 e. The van der Waals surface area contributed by atoms with Crippen LogP contribution in [-0.4, -0.2) is 34.9 Å². The van der Waals surface area contributed by atoms with Gasteiger partial charge in [-0.05, 0) is 17.7 Å². The standard InChI is InChI=1S/C14H16ClN3O2S/c1-9(13(19)20)8-18(2)14-17-16-12(21-14)7-10-3-5-11(15)6-4-10/h3-6,9H,7-8H2,1-2H3,(H,19,20). The Morgan fingerprint density at radius 3 is 2.67 bits per heavy atom. The minimum Gasteiger partial charge on any atom is -0.481 e. The van der Waals surface area contributed by atoms with E-state index in [0.29, 0.717) is 18.0 Å². The van der Waals surface area contributed by atoms with Gasteiger partial charge in [-0.15, -0.1) is 10.2 Å². The summed E-state index contributed by atoms with van der Waals surface area (Å²) in [4.78, 5) is 12.7. The molecule has 1 atom stereocenters. The lowest BCUT2D eigenvalue weighted by Crippen LogP contribution is -2.28. The van der Waals surface area contributed by atoms with E-state index in [9.17, 15) is 4.79 Å². The van der Waals surface area contributed by atoms with Gasteiger partial charge in [-0.25, -0.2) is 0 Å². The van der Waals surface area contributed by atoms with Crippen LogP contribution >= 0.6 is 22.9 Å². The topological polar surface area (TPSA) is 66.3 Å². The molecule has 0 fully saturated rings. The van der Waals surface area contributed by atoms with E-state index in [0.717, 1.165) is 15.7 Å². The average molecular weight is 326 g/mol. The van der Waals surface area contributed by atoms with E-state index in [1.54, 1.807) is 6.92 Å². The van der Waals surface area contributed by atoms with Gasteiger partial charge in [-0.3, -0.25) is 4.79 Å². The number of aromatic nitrogens is 2. The SMILES string of the molecule is CC(CN(C)c1nnc(Cc2ccc(Cl)cc2)s1)C(=O)O. The average Bonchev–Trinajstić information content (AvgIpc) is 2.90. The zero-order chi connectivity index (χ0) is 15.4. The van der Waals surface area contributed by atoms with E-state index in [1.807, 2.05) is 36.2 Å². The van der Waals surface area contributed by atoms with Crippen LogP contribution < -0.4 is 4.90 Å². The number of anilines is 1. The second-order valence-corrected chi connectivity index (χ2v) is 6.38. The van der Waals surface area contributed by atoms with Crippen molar-refractivity contribution in [3.8, 4) is 0 Å². The van der Waals surface area contributed by atoms with Crippen LogP contribution in [0.15, 0.2) is 24.3 Å². The molecule has 1 aromatic carbocycles. The zero-order valence-electron chi connectivity index (χ0n) is 11.8. The molecule has 7 heteroatoms. The Morgan fingerprint density at radius 1 is 1.38 bits per heavy atom. The van der Waals surface area contributed by atoms with Crippen LogP contribution in [0.3, 0.4) is 0 Å². The van der Waals surface area contributed by atoms with Crippen molar-refractivity contribution in [2.45, 2.75) is 13.3 Å². The summed E-state index contributed by atoms with van der Waals surface area (Å²) in [6.45, 7) is 2.08. The number of aliphatic carboxylic acids is 1. The first-order valence-corrected chi connectivity index (χ1v) is 7.66. The molecule has 21 heavy (non-hydrogen) atoms. The van der Waals surface area contributed by atoms with Gasteiger partial charge in [0.05, 0.1) is 5.92 Å². The molecule has 0 aliphatic rings. The highest BCUT2D eigenvalue weighted by atomic mass is 35.5. The molecule has 1 heterocycles. The number of benzene rings is 1. The van der Waals surface area contributed by atoms with Crippen molar-refractivity contribution in [2.75, 3.05) is 18.5 Å². The van der Waals surface area contributed by atoms with Crippen molar-refractivity contribution < 1.29 is 9.90 Å². The number of rotatable bonds is 6. The number of halogens is 1. The van der Waals surface area contributed by atoms with E-state index in [1.165, 1.54) is 11.3 Å². The van der Waals surface area contributed by atoms with Gasteiger partial charge in [0.1, 0.15) is 5.01 Å². The number of hydrogen-bond acceptors (Lipinski definition) is 5. The minimum absolute atomic E-state index is 0.408. The summed E-state index contributed by atoms with van der Waals surface area (Å²) < 4.78 is 0. The molecule has 0 saturated carbocycles. The third kappa shape index (κ3) is 4.41. The Balaban J connectivity index is 2.00. The van der Waals surface area contributed by atoms with Gasteiger partial charge >= 0.3 is 5.97 Å². The highest BCUT2D eigenvalue weighted by Gasteiger charge is 2.16. The van der Waals surface area contributed by atoms with Gasteiger partial charge in [-0.2, -0.15) is 0 Å². The molecule has 5 nitrogen and oxygen atoms in total. The van der Waals surface area contributed by atoms with Gasteiger partial charge in [0.25, 0.3) is 0 Å². The fraction of sp³-hybridized carbons (Fsp3) is 0.357. The highest BCUT2D eigenvalue weighted by molar-refractivity contribution is 7.15. The summed E-state index contributed by atoms with van der Waals surface area (Å²) in [6, 6.07) is 7.61. The van der Waals surface area contributed by atoms with E-state index in [4.69, 9.17) is 16.7 Å². The lowest BCUT2D eigenvalue weighted by Gasteiger charge is -2.17. The summed E-state index contributed by atoms with van der Waals surface area (Å²) in [5, 5.41) is 19.5. The molecule has 2 rings (SSSR count). The van der Waals surface area contributed by atoms with Crippen molar-refractivity contribution in [3.05, 3.63) is 39.9 Å². The molecule has 2 aromatic rings. The normalized spacial score (nSPS) is 12.1. The van der Waals surface area contributed by atoms with Crippen molar-refractivity contribution in [1.29, 1.82) is 0 Å². The van der Waals surface area contributed by atoms with Gasteiger partial charge in [-0.1, -0.05) is 42.0 Å². The van der Waals surface area contributed by atoms with Crippen LogP contribution in [0.25, 0.3) is 0 Å². The third-order valence-corrected chi connectivity index (χ3v) is 4.31.